The summed E-state index contributed by atoms with van der Waals surface area (Å²) in [6, 6.07) is 0.775. The number of rotatable bonds is 11. The van der Waals surface area contributed by atoms with Crippen LogP contribution in [0.15, 0.2) is 17.3 Å². The van der Waals surface area contributed by atoms with E-state index in [1.807, 2.05) is 53.7 Å². The maximum Gasteiger partial charge on any atom is 0.408 e. The van der Waals surface area contributed by atoms with Crippen LogP contribution >= 0.6 is 0 Å². The van der Waals surface area contributed by atoms with Crippen molar-refractivity contribution in [1.29, 1.82) is 0 Å². The first-order chi connectivity index (χ1) is 22.8. The molecule has 49 heavy (non-hydrogen) atoms. The second-order valence-corrected chi connectivity index (χ2v) is 15.7. The summed E-state index contributed by atoms with van der Waals surface area (Å²) in [5, 5.41) is 12.3. The number of ether oxygens (including phenoxy) is 2. The predicted octanol–water partition coefficient (Wildman–Crippen LogP) is 3.71. The van der Waals surface area contributed by atoms with Crippen LogP contribution in [0.25, 0.3) is 0 Å². The van der Waals surface area contributed by atoms with Crippen molar-refractivity contribution < 1.29 is 38.3 Å². The van der Waals surface area contributed by atoms with Crippen molar-refractivity contribution in [3.05, 3.63) is 28.8 Å². The Morgan fingerprint density at radius 2 is 1.67 bits per heavy atom. The minimum Gasteiger partial charge on any atom is -0.493 e. The van der Waals surface area contributed by atoms with Crippen molar-refractivity contribution in [3.8, 4) is 5.75 Å². The van der Waals surface area contributed by atoms with Crippen LogP contribution in [0.5, 0.6) is 5.75 Å². The molecule has 1 aromatic rings. The lowest BCUT2D eigenvalue weighted by Crippen LogP contribution is -2.59. The van der Waals surface area contributed by atoms with Crippen molar-refractivity contribution in [2.45, 2.75) is 124 Å². The van der Waals surface area contributed by atoms with E-state index in [2.05, 4.69) is 21.1 Å². The van der Waals surface area contributed by atoms with E-state index in [9.17, 15) is 24.0 Å². The smallest absolute Gasteiger partial charge is 0.408 e. The monoisotopic (exact) mass is 683 g/mol. The molecule has 0 aromatic heterocycles. The maximum absolute atomic E-state index is 14.5. The van der Waals surface area contributed by atoms with Crippen LogP contribution < -0.4 is 20.7 Å². The molecule has 4 amide bonds. The van der Waals surface area contributed by atoms with Crippen molar-refractivity contribution in [2.75, 3.05) is 20.2 Å². The van der Waals surface area contributed by atoms with Crippen molar-refractivity contribution in [3.63, 3.8) is 0 Å². The predicted molar refractivity (Wildman–Crippen MR) is 183 cm³/mol. The Hall–Kier alpha value is -4.16. The number of nitrogens with one attached hydrogen (secondary N) is 3. The first kappa shape index (κ1) is 37.7. The van der Waals surface area contributed by atoms with E-state index in [0.717, 1.165) is 35.3 Å². The quantitative estimate of drug-likeness (QED) is 0.297. The second kappa shape index (κ2) is 14.4. The van der Waals surface area contributed by atoms with Crippen LogP contribution in [0, 0.1) is 25.2 Å². The summed E-state index contributed by atoms with van der Waals surface area (Å²) < 4.78 is 11.3. The minimum atomic E-state index is -1.07. The number of alkyl carbamates (subject to hydrolysis) is 1. The van der Waals surface area contributed by atoms with Crippen LogP contribution in [0.1, 0.15) is 97.3 Å². The summed E-state index contributed by atoms with van der Waals surface area (Å²) in [5.41, 5.74) is 0.800. The molecule has 1 aromatic carbocycles. The molecule has 270 valence electrons. The third-order valence-corrected chi connectivity index (χ3v) is 9.03. The molecule has 2 fully saturated rings. The molecule has 13 heteroatoms. The molecule has 1 aliphatic carbocycles. The zero-order valence-corrected chi connectivity index (χ0v) is 30.6. The fourth-order valence-corrected chi connectivity index (χ4v) is 6.48. The van der Waals surface area contributed by atoms with Gasteiger partial charge in [-0.1, -0.05) is 38.8 Å². The van der Waals surface area contributed by atoms with Gasteiger partial charge in [0.2, 0.25) is 17.6 Å². The molecule has 0 bridgehead atoms. The Kier molecular flexibility index (Phi) is 11.0. The molecule has 1 spiro atoms. The molecular formula is C36H53N5O8. The van der Waals surface area contributed by atoms with Crippen LogP contribution in [0.3, 0.4) is 0 Å². The first-order valence-electron chi connectivity index (χ1n) is 17.1. The highest BCUT2D eigenvalue weighted by Crippen LogP contribution is 2.41. The Bertz CT molecular complexity index is 1480. The van der Waals surface area contributed by atoms with E-state index in [4.69, 9.17) is 14.3 Å². The minimum absolute atomic E-state index is 0.00514. The largest absolute Gasteiger partial charge is 0.493 e. The first-order valence-corrected chi connectivity index (χ1v) is 17.1. The SMILES string of the molecule is CCOc1c(C)cc(C2=NO[C@]3(C2)C[C@@H](C(=O)N[C@@H](CC2CC2)C(=O)C(=O)NC)N(C(=O)[C@@H](NC(=O)OC(C)(C)C)C(C)(C)C)C3)cc1C. The zero-order valence-electron chi connectivity index (χ0n) is 30.6. The fraction of sp³-hybridized carbons (Fsp3) is 0.667. The average molecular weight is 684 g/mol. The summed E-state index contributed by atoms with van der Waals surface area (Å²) in [4.78, 5) is 74.5. The van der Waals surface area contributed by atoms with E-state index in [-0.39, 0.29) is 18.9 Å². The Balaban J connectivity index is 1.66. The fourth-order valence-electron chi connectivity index (χ4n) is 6.48. The van der Waals surface area contributed by atoms with Crippen molar-refractivity contribution in [1.82, 2.24) is 20.9 Å². The van der Waals surface area contributed by atoms with E-state index in [1.165, 1.54) is 11.9 Å². The number of ketones is 1. The number of oxime groups is 1. The maximum atomic E-state index is 14.5. The number of hydrogen-bond donors (Lipinski definition) is 3. The highest BCUT2D eigenvalue weighted by molar-refractivity contribution is 6.38. The molecule has 2 heterocycles. The zero-order chi connectivity index (χ0) is 36.5. The molecule has 1 saturated heterocycles. The van der Waals surface area contributed by atoms with Crippen LogP contribution in [-0.4, -0.2) is 89.7 Å². The molecule has 0 unspecified atom stereocenters. The van der Waals surface area contributed by atoms with Gasteiger partial charge in [0, 0.05) is 25.5 Å². The summed E-state index contributed by atoms with van der Waals surface area (Å²) >= 11 is 0. The lowest BCUT2D eigenvalue weighted by atomic mass is 9.85. The van der Waals surface area contributed by atoms with Gasteiger partial charge in [0.25, 0.3) is 5.91 Å². The number of likely N-dealkylation sites (N-methyl/N-ethyl adjacent to an activating group) is 1. The number of Topliss-reactive ketones (excluding diaryl/α,β-unsaturated/α-hetero) is 1. The van der Waals surface area contributed by atoms with E-state index >= 15 is 0 Å². The van der Waals surface area contributed by atoms with Gasteiger partial charge in [0.05, 0.1) is 24.9 Å². The average Bonchev–Trinajstić information content (AvgIpc) is 3.60. The van der Waals surface area contributed by atoms with Gasteiger partial charge in [-0.3, -0.25) is 19.2 Å². The molecule has 3 aliphatic rings. The van der Waals surface area contributed by atoms with Crippen LogP contribution in [0.4, 0.5) is 4.79 Å². The molecule has 13 nitrogen and oxygen atoms in total. The van der Waals surface area contributed by atoms with Gasteiger partial charge in [-0.15, -0.1) is 0 Å². The Morgan fingerprint density at radius 3 is 2.20 bits per heavy atom. The molecule has 1 saturated carbocycles. The second-order valence-electron chi connectivity index (χ2n) is 15.7. The molecule has 4 atom stereocenters. The number of nitrogens with zero attached hydrogens (tertiary/aromatic N) is 2. The lowest BCUT2D eigenvalue weighted by molar-refractivity contribution is -0.144. The van der Waals surface area contributed by atoms with Crippen molar-refractivity contribution in [2.24, 2.45) is 16.5 Å². The van der Waals surface area contributed by atoms with Gasteiger partial charge < -0.3 is 35.2 Å². The molecular weight excluding hydrogens is 630 g/mol. The van der Waals surface area contributed by atoms with Gasteiger partial charge in [-0.2, -0.15) is 0 Å². The normalized spacial score (nSPS) is 21.7. The molecule has 0 radical (unpaired) electrons. The summed E-state index contributed by atoms with van der Waals surface area (Å²) in [7, 11) is 1.37. The number of carbonyl (C=O) groups excluding carboxylic acids is 5. The van der Waals surface area contributed by atoms with E-state index < -0.39 is 64.3 Å². The van der Waals surface area contributed by atoms with Gasteiger partial charge >= 0.3 is 6.09 Å². The van der Waals surface area contributed by atoms with Crippen LogP contribution in [-0.2, 0) is 28.8 Å². The number of aryl methyl sites for hydroxylation is 2. The van der Waals surface area contributed by atoms with E-state index in [1.54, 1.807) is 20.8 Å². The number of amides is 4. The van der Waals surface area contributed by atoms with Gasteiger partial charge in [0.1, 0.15) is 23.4 Å². The number of likely N-dealkylation sites (tertiary alicyclic amines) is 1. The Labute approximate surface area is 289 Å². The Morgan fingerprint density at radius 1 is 1.04 bits per heavy atom. The number of benzene rings is 1. The highest BCUT2D eigenvalue weighted by atomic mass is 16.7. The topological polar surface area (TPSA) is 165 Å². The molecule has 3 N–H and O–H groups in total. The molecule has 2 aliphatic heterocycles. The summed E-state index contributed by atoms with van der Waals surface area (Å²) in [5.74, 6) is -1.58. The standard InChI is InChI=1S/C36H53N5O8/c1-11-47-28-20(2)14-23(15-21(28)3)25-17-36(49-40-25)18-26(30(43)38-24(16-22-12-13-22)27(42)31(44)37-10)41(19-36)32(45)29(34(4,5)6)39-33(46)48-35(7,8)9/h14-15,22,24,26,29H,11-13,16-19H2,1-10H3,(H,37,44)(H,38,43)(H,39,46)/t24-,26-,29+,36+/m0/s1. The van der Waals surface area contributed by atoms with Crippen molar-refractivity contribution >= 4 is 35.3 Å². The molecule has 4 rings (SSSR count). The van der Waals surface area contributed by atoms with Crippen LogP contribution in [0.2, 0.25) is 0 Å². The third-order valence-electron chi connectivity index (χ3n) is 9.03. The summed E-state index contributed by atoms with van der Waals surface area (Å²) in [6.07, 6.45) is 1.78. The third kappa shape index (κ3) is 9.10. The van der Waals surface area contributed by atoms with Gasteiger partial charge in [-0.25, -0.2) is 4.79 Å². The lowest BCUT2D eigenvalue weighted by Gasteiger charge is -2.36. The highest BCUT2D eigenvalue weighted by Gasteiger charge is 2.56. The number of carbonyl (C=O) groups is 5. The summed E-state index contributed by atoms with van der Waals surface area (Å²) in [6.45, 7) is 17.0. The number of hydrogen-bond acceptors (Lipinski definition) is 9. The van der Waals surface area contributed by atoms with E-state index in [0.29, 0.717) is 25.2 Å². The van der Waals surface area contributed by atoms with Gasteiger partial charge in [0.15, 0.2) is 5.60 Å². The van der Waals surface area contributed by atoms with Gasteiger partial charge in [-0.05, 0) is 82.6 Å².